The minimum atomic E-state index is -4.64. The van der Waals surface area contributed by atoms with Crippen molar-refractivity contribution in [1.82, 2.24) is 10.3 Å². The molecule has 2 N–H and O–H groups in total. The van der Waals surface area contributed by atoms with E-state index >= 15 is 0 Å². The molecule has 0 aliphatic carbocycles. The zero-order valence-corrected chi connectivity index (χ0v) is 21.6. The monoisotopic (exact) mass is 538 g/mol. The van der Waals surface area contributed by atoms with Crippen molar-refractivity contribution < 1.29 is 27.5 Å². The summed E-state index contributed by atoms with van der Waals surface area (Å²) < 4.78 is 44.8. The van der Waals surface area contributed by atoms with Crippen molar-refractivity contribution in [3.05, 3.63) is 77.1 Å². The number of morpholine rings is 1. The fraction of sp³-hybridized carbons (Fsp3) is 0.345. The molecule has 1 fully saturated rings. The Hall–Kier alpha value is -3.92. The number of hydrogen-bond donors (Lipinski definition) is 2. The maximum Gasteiger partial charge on any atom is 0.433 e. The number of aryl methyl sites for hydroxylation is 1. The molecule has 10 heteroatoms. The van der Waals surface area contributed by atoms with Gasteiger partial charge >= 0.3 is 6.18 Å². The maximum absolute atomic E-state index is 13.0. The zero-order chi connectivity index (χ0) is 27.7. The van der Waals surface area contributed by atoms with Crippen molar-refractivity contribution in [1.29, 1.82) is 0 Å². The van der Waals surface area contributed by atoms with Gasteiger partial charge in [-0.25, -0.2) is 0 Å². The smallest absolute Gasteiger partial charge is 0.377 e. The molecule has 0 unspecified atom stereocenters. The van der Waals surface area contributed by atoms with Gasteiger partial charge in [-0.15, -0.1) is 0 Å². The van der Waals surface area contributed by atoms with Crippen molar-refractivity contribution >= 4 is 23.2 Å². The Bertz CT molecular complexity index is 1410. The van der Waals surface area contributed by atoms with Crippen LogP contribution < -0.4 is 15.5 Å². The number of halogens is 3. The summed E-state index contributed by atoms with van der Waals surface area (Å²) in [5.74, 6) is -0.825. The highest BCUT2D eigenvalue weighted by molar-refractivity contribution is 6.04. The van der Waals surface area contributed by atoms with Gasteiger partial charge in [0, 0.05) is 36.2 Å². The van der Waals surface area contributed by atoms with Crippen LogP contribution in [0, 0.1) is 12.8 Å². The first-order valence-electron chi connectivity index (χ1n) is 12.9. The molecule has 2 atom stereocenters. The number of aromatic nitrogens is 1. The number of nitrogens with zero attached hydrogens (tertiary/aromatic N) is 2. The molecule has 2 aromatic carbocycles. The third-order valence-corrected chi connectivity index (χ3v) is 7.27. The van der Waals surface area contributed by atoms with Gasteiger partial charge in [-0.3, -0.25) is 14.6 Å². The number of carbonyl (C=O) groups excluding carboxylic acids is 2. The van der Waals surface area contributed by atoms with E-state index in [4.69, 9.17) is 4.74 Å². The summed E-state index contributed by atoms with van der Waals surface area (Å²) in [4.78, 5) is 31.1. The van der Waals surface area contributed by atoms with Gasteiger partial charge in [-0.05, 0) is 72.9 Å². The Morgan fingerprint density at radius 1 is 1.13 bits per heavy atom. The predicted molar refractivity (Wildman–Crippen MR) is 142 cm³/mol. The van der Waals surface area contributed by atoms with Crippen molar-refractivity contribution in [3.63, 3.8) is 0 Å². The van der Waals surface area contributed by atoms with Crippen LogP contribution in [0.25, 0.3) is 11.1 Å². The molecule has 2 aliphatic rings. The number of fused-ring (bicyclic) bond motifs is 3. The molecule has 1 aromatic heterocycles. The van der Waals surface area contributed by atoms with Crippen LogP contribution in [-0.4, -0.2) is 49.1 Å². The molecule has 0 bridgehead atoms. The minimum absolute atomic E-state index is 0.0311. The van der Waals surface area contributed by atoms with Crippen LogP contribution in [-0.2, 0) is 22.1 Å². The lowest BCUT2D eigenvalue weighted by molar-refractivity contribution is -0.141. The number of amides is 2. The molecule has 204 valence electrons. The predicted octanol–water partition coefficient (Wildman–Crippen LogP) is 4.84. The highest BCUT2D eigenvalue weighted by atomic mass is 19.4. The number of pyridine rings is 1. The van der Waals surface area contributed by atoms with Crippen molar-refractivity contribution in [3.8, 4) is 11.1 Å². The van der Waals surface area contributed by atoms with E-state index in [2.05, 4.69) is 26.6 Å². The van der Waals surface area contributed by atoms with E-state index in [1.54, 1.807) is 6.07 Å². The number of hydrogen-bond acceptors (Lipinski definition) is 5. The molecule has 7 nitrogen and oxygen atoms in total. The summed E-state index contributed by atoms with van der Waals surface area (Å²) in [5.41, 5.74) is 4.16. The molecule has 39 heavy (non-hydrogen) atoms. The highest BCUT2D eigenvalue weighted by Crippen LogP contribution is 2.39. The summed E-state index contributed by atoms with van der Waals surface area (Å²) in [6.07, 6.45) is -3.05. The number of benzene rings is 2. The van der Waals surface area contributed by atoms with E-state index in [-0.39, 0.29) is 23.4 Å². The number of alkyl halides is 3. The van der Waals surface area contributed by atoms with E-state index in [1.165, 1.54) is 6.07 Å². The van der Waals surface area contributed by atoms with E-state index < -0.39 is 17.8 Å². The van der Waals surface area contributed by atoms with Crippen LogP contribution in [0.5, 0.6) is 0 Å². The highest BCUT2D eigenvalue weighted by Gasteiger charge is 2.40. The molecule has 2 amide bonds. The third kappa shape index (κ3) is 5.47. The second-order valence-electron chi connectivity index (χ2n) is 9.80. The zero-order valence-electron chi connectivity index (χ0n) is 21.6. The molecular formula is C29H29F3N4O3. The Labute approximate surface area is 224 Å². The van der Waals surface area contributed by atoms with Crippen molar-refractivity contribution in [2.24, 2.45) is 5.92 Å². The van der Waals surface area contributed by atoms with Gasteiger partial charge in [-0.1, -0.05) is 18.2 Å². The molecule has 5 rings (SSSR count). The maximum atomic E-state index is 13.0. The van der Waals surface area contributed by atoms with Gasteiger partial charge < -0.3 is 20.3 Å². The topological polar surface area (TPSA) is 83.6 Å². The number of nitrogens with one attached hydrogen (secondary N) is 2. The van der Waals surface area contributed by atoms with Crippen LogP contribution in [0.4, 0.5) is 24.5 Å². The Morgan fingerprint density at radius 3 is 2.72 bits per heavy atom. The summed E-state index contributed by atoms with van der Waals surface area (Å²) >= 11 is 0. The van der Waals surface area contributed by atoms with Gasteiger partial charge in [-0.2, -0.15) is 13.2 Å². The van der Waals surface area contributed by atoms with Gasteiger partial charge in [0.15, 0.2) is 0 Å². The Kier molecular flexibility index (Phi) is 7.31. The third-order valence-electron chi connectivity index (χ3n) is 7.27. The Morgan fingerprint density at radius 2 is 1.95 bits per heavy atom. The first-order chi connectivity index (χ1) is 18.7. The summed E-state index contributed by atoms with van der Waals surface area (Å²) in [6.45, 7) is 6.18. The van der Waals surface area contributed by atoms with Crippen LogP contribution in [0.1, 0.15) is 34.1 Å². The van der Waals surface area contributed by atoms with Gasteiger partial charge in [0.2, 0.25) is 5.91 Å². The SMILES string of the molecule is CCNC(=O)[C@@H]1Cc2ccc(-c3cc(NC(=O)c4ccnc(C(F)(F)F)c4)ccc3C)cc2N2CCOC[C@@H]12. The molecule has 0 saturated carbocycles. The fourth-order valence-corrected chi connectivity index (χ4v) is 5.31. The average Bonchev–Trinajstić information content (AvgIpc) is 2.93. The minimum Gasteiger partial charge on any atom is -0.377 e. The van der Waals surface area contributed by atoms with Gasteiger partial charge in [0.1, 0.15) is 5.69 Å². The molecule has 3 heterocycles. The molecule has 0 radical (unpaired) electrons. The second-order valence-corrected chi connectivity index (χ2v) is 9.80. The van der Waals surface area contributed by atoms with E-state index in [1.807, 2.05) is 38.1 Å². The average molecular weight is 539 g/mol. The van der Waals surface area contributed by atoms with E-state index in [9.17, 15) is 22.8 Å². The number of ether oxygens (including phenoxy) is 1. The lowest BCUT2D eigenvalue weighted by atomic mass is 9.83. The van der Waals surface area contributed by atoms with Crippen LogP contribution in [0.3, 0.4) is 0 Å². The first kappa shape index (κ1) is 26.7. The normalized spacial score (nSPS) is 18.6. The molecule has 1 saturated heterocycles. The Balaban J connectivity index is 1.43. The molecule has 3 aromatic rings. The summed E-state index contributed by atoms with van der Waals surface area (Å²) in [7, 11) is 0. The number of anilines is 2. The van der Waals surface area contributed by atoms with E-state index in [0.717, 1.165) is 40.2 Å². The summed E-state index contributed by atoms with van der Waals surface area (Å²) in [6, 6.07) is 13.5. The quantitative estimate of drug-likeness (QED) is 0.486. The fourth-order valence-electron chi connectivity index (χ4n) is 5.31. The first-order valence-corrected chi connectivity index (χ1v) is 12.9. The second kappa shape index (κ2) is 10.7. The molecular weight excluding hydrogens is 509 g/mol. The lowest BCUT2D eigenvalue weighted by Crippen LogP contribution is -2.56. The van der Waals surface area contributed by atoms with Gasteiger partial charge in [0.05, 0.1) is 25.2 Å². The van der Waals surface area contributed by atoms with Crippen LogP contribution in [0.15, 0.2) is 54.7 Å². The van der Waals surface area contributed by atoms with Gasteiger partial charge in [0.25, 0.3) is 5.91 Å². The van der Waals surface area contributed by atoms with Crippen molar-refractivity contribution in [2.45, 2.75) is 32.5 Å². The summed E-state index contributed by atoms with van der Waals surface area (Å²) in [5, 5.41) is 5.66. The molecule has 2 aliphatic heterocycles. The number of rotatable bonds is 5. The molecule has 0 spiro atoms. The van der Waals surface area contributed by atoms with Crippen LogP contribution >= 0.6 is 0 Å². The van der Waals surface area contributed by atoms with Crippen LogP contribution in [0.2, 0.25) is 0 Å². The lowest BCUT2D eigenvalue weighted by Gasteiger charge is -2.45. The van der Waals surface area contributed by atoms with E-state index in [0.29, 0.717) is 38.4 Å². The standard InChI is InChI=1S/C29H29F3N4O3/c1-3-33-28(38)23-12-19-6-5-18(13-24(19)36-10-11-39-16-25(23)36)22-15-21(7-4-17(22)2)35-27(37)20-8-9-34-26(14-20)29(30,31)32/h4-9,13-15,23,25H,3,10-12,16H2,1-2H3,(H,33,38)(H,35,37)/t23-,25+/m1/s1. The largest absolute Gasteiger partial charge is 0.433 e. The van der Waals surface area contributed by atoms with Crippen molar-refractivity contribution in [2.75, 3.05) is 36.5 Å². The number of carbonyl (C=O) groups is 2.